The number of para-hydroxylation sites is 1. The summed E-state index contributed by atoms with van der Waals surface area (Å²) in [5.74, 6) is 0. The molecule has 0 saturated carbocycles. The molecule has 3 heterocycles. The summed E-state index contributed by atoms with van der Waals surface area (Å²) in [6.45, 7) is 0. The maximum Gasteiger partial charge on any atom is 0.0555 e. The monoisotopic (exact) mass is 761 g/mol. The Morgan fingerprint density at radius 3 is 1.95 bits per heavy atom. The Balaban J connectivity index is 1.11. The van der Waals surface area contributed by atoms with Gasteiger partial charge in [-0.05, 0) is 127 Å². The highest BCUT2D eigenvalue weighted by atomic mass is 32.1. The van der Waals surface area contributed by atoms with Crippen LogP contribution in [0.5, 0.6) is 0 Å². The Morgan fingerprint density at radius 1 is 0.483 bits per heavy atom. The van der Waals surface area contributed by atoms with Crippen molar-refractivity contribution in [1.29, 1.82) is 0 Å². The molecule has 12 rings (SSSR count). The Bertz CT molecular complexity index is 3320. The van der Waals surface area contributed by atoms with Gasteiger partial charge in [-0.1, -0.05) is 103 Å². The second-order valence-electron chi connectivity index (χ2n) is 15.5. The Kier molecular flexibility index (Phi) is 7.67. The smallest absolute Gasteiger partial charge is 0.0555 e. The van der Waals surface area contributed by atoms with E-state index >= 15 is 0 Å². The van der Waals surface area contributed by atoms with E-state index in [9.17, 15) is 0 Å². The number of aryl methyl sites for hydroxylation is 1. The first-order valence-corrected chi connectivity index (χ1v) is 21.2. The summed E-state index contributed by atoms with van der Waals surface area (Å²) in [6.07, 6.45) is 16.0. The topological polar surface area (TPSA) is 13.1 Å². The van der Waals surface area contributed by atoms with Crippen LogP contribution < -0.4 is 4.90 Å². The quantitative estimate of drug-likeness (QED) is 0.164. The second-order valence-corrected chi connectivity index (χ2v) is 16.6. The number of thiophene rings is 1. The third kappa shape index (κ3) is 5.18. The van der Waals surface area contributed by atoms with E-state index in [1.165, 1.54) is 86.6 Å². The summed E-state index contributed by atoms with van der Waals surface area (Å²) in [6, 6.07) is 58.3. The van der Waals surface area contributed by atoms with Gasteiger partial charge in [-0.3, -0.25) is 0 Å². The minimum absolute atomic E-state index is 1.04. The normalized spacial score (nSPS) is 13.9. The van der Waals surface area contributed by atoms with Gasteiger partial charge in [0.2, 0.25) is 0 Å². The maximum absolute atomic E-state index is 2.49. The van der Waals surface area contributed by atoms with Crippen LogP contribution in [0.25, 0.3) is 81.5 Å². The van der Waals surface area contributed by atoms with Gasteiger partial charge < -0.3 is 14.0 Å². The average molecular weight is 762 g/mol. The lowest BCUT2D eigenvalue weighted by Crippen LogP contribution is -2.10. The lowest BCUT2D eigenvalue weighted by Gasteiger charge is -2.26. The Hall–Kier alpha value is -6.88. The molecular weight excluding hydrogens is 723 g/mol. The maximum atomic E-state index is 2.49. The van der Waals surface area contributed by atoms with Gasteiger partial charge in [-0.2, -0.15) is 0 Å². The summed E-state index contributed by atoms with van der Waals surface area (Å²) >= 11 is 1.91. The van der Waals surface area contributed by atoms with Crippen LogP contribution in [-0.2, 0) is 6.42 Å². The first-order chi connectivity index (χ1) is 28.8. The standard InChI is InChI=1S/C54H39N3S/c1-4-14-36(15-5-1)37-24-26-40(27-25-37)55(41-28-31-49-46(34-41)43-20-10-12-22-48(43)56(49)38-16-6-2-7-17-38)42-29-32-50-47(35-42)53-51(57(50)39-18-8-3-9-19-39)33-30-45-44-21-11-13-23-52(44)58-54(45)53/h1,3-6,8-9,11-19,21-35H,2,7,10,20H2. The molecule has 0 N–H and O–H groups in total. The molecule has 0 atom stereocenters. The Labute approximate surface area is 341 Å². The summed E-state index contributed by atoms with van der Waals surface area (Å²) in [5, 5.41) is 6.53. The van der Waals surface area contributed by atoms with E-state index in [-0.39, 0.29) is 0 Å². The van der Waals surface area contributed by atoms with Gasteiger partial charge in [-0.15, -0.1) is 11.3 Å². The van der Waals surface area contributed by atoms with Gasteiger partial charge in [-0.25, -0.2) is 0 Å². The highest BCUT2D eigenvalue weighted by molar-refractivity contribution is 7.26. The molecule has 0 aliphatic heterocycles. The summed E-state index contributed by atoms with van der Waals surface area (Å²) in [4.78, 5) is 2.46. The predicted octanol–water partition coefficient (Wildman–Crippen LogP) is 15.4. The van der Waals surface area contributed by atoms with Gasteiger partial charge >= 0.3 is 0 Å². The van der Waals surface area contributed by atoms with Crippen LogP contribution in [0.15, 0.2) is 182 Å². The number of hydrogen-bond acceptors (Lipinski definition) is 2. The first kappa shape index (κ1) is 33.3. The molecule has 2 aliphatic rings. The second kappa shape index (κ2) is 13.4. The van der Waals surface area contributed by atoms with Crippen LogP contribution >= 0.6 is 11.3 Å². The molecule has 3 nitrogen and oxygen atoms in total. The van der Waals surface area contributed by atoms with E-state index in [1.807, 2.05) is 11.3 Å². The number of nitrogens with zero attached hydrogens (tertiary/aromatic N) is 3. The summed E-state index contributed by atoms with van der Waals surface area (Å²) in [5.41, 5.74) is 14.7. The molecule has 0 fully saturated rings. The fourth-order valence-electron chi connectivity index (χ4n) is 9.56. The van der Waals surface area contributed by atoms with Crippen LogP contribution in [0.3, 0.4) is 0 Å². The molecule has 0 bridgehead atoms. The number of anilines is 3. The third-order valence-corrected chi connectivity index (χ3v) is 13.4. The summed E-state index contributed by atoms with van der Waals surface area (Å²) in [7, 11) is 0. The molecule has 0 spiro atoms. The van der Waals surface area contributed by atoms with Crippen molar-refractivity contribution in [3.8, 4) is 16.8 Å². The molecule has 4 heteroatoms. The number of aromatic nitrogens is 2. The van der Waals surface area contributed by atoms with Crippen molar-refractivity contribution in [3.63, 3.8) is 0 Å². The molecule has 58 heavy (non-hydrogen) atoms. The van der Waals surface area contributed by atoms with Crippen molar-refractivity contribution in [2.24, 2.45) is 0 Å². The number of hydrogen-bond donors (Lipinski definition) is 0. The molecule has 0 saturated heterocycles. The number of rotatable bonds is 6. The van der Waals surface area contributed by atoms with Crippen LogP contribution in [0.1, 0.15) is 30.5 Å². The minimum Gasteiger partial charge on any atom is -0.310 e. The van der Waals surface area contributed by atoms with E-state index in [1.54, 1.807) is 0 Å². The molecule has 0 unspecified atom stereocenters. The van der Waals surface area contributed by atoms with Crippen LogP contribution in [0.2, 0.25) is 0 Å². The van der Waals surface area contributed by atoms with Crippen LogP contribution in [0.4, 0.5) is 17.1 Å². The van der Waals surface area contributed by atoms with Gasteiger partial charge in [0.1, 0.15) is 0 Å². The fraction of sp³-hybridized carbons (Fsp3) is 0.0741. The zero-order chi connectivity index (χ0) is 38.2. The van der Waals surface area contributed by atoms with Crippen LogP contribution in [0, 0.1) is 0 Å². The Morgan fingerprint density at radius 2 is 1.16 bits per heavy atom. The fourth-order valence-corrected chi connectivity index (χ4v) is 10.8. The lowest BCUT2D eigenvalue weighted by molar-refractivity contribution is 0.963. The molecule has 0 radical (unpaired) electrons. The molecule has 276 valence electrons. The van der Waals surface area contributed by atoms with E-state index in [0.29, 0.717) is 0 Å². The van der Waals surface area contributed by atoms with E-state index in [0.717, 1.165) is 42.7 Å². The van der Waals surface area contributed by atoms with Crippen molar-refractivity contribution in [1.82, 2.24) is 9.13 Å². The SMILES string of the molecule is C1=CC(n2c3c(c4cc(N(c5ccc(-c6ccccc6)cc5)c5ccc6c(c5)c5c7sc8ccccc8c7ccc5n6-c5ccccc5)ccc42)CCC=C3)=CCC1. The van der Waals surface area contributed by atoms with E-state index in [2.05, 4.69) is 202 Å². The molecule has 0 amide bonds. The number of allylic oxidation sites excluding steroid dienone is 5. The highest BCUT2D eigenvalue weighted by Crippen LogP contribution is 2.46. The van der Waals surface area contributed by atoms with Gasteiger partial charge in [0.15, 0.2) is 0 Å². The van der Waals surface area contributed by atoms with Crippen molar-refractivity contribution in [2.75, 3.05) is 4.90 Å². The third-order valence-electron chi connectivity index (χ3n) is 12.2. The summed E-state index contributed by atoms with van der Waals surface area (Å²) < 4.78 is 7.59. The van der Waals surface area contributed by atoms with E-state index < -0.39 is 0 Å². The largest absolute Gasteiger partial charge is 0.310 e. The highest BCUT2D eigenvalue weighted by Gasteiger charge is 2.24. The van der Waals surface area contributed by atoms with Crippen molar-refractivity contribution < 1.29 is 0 Å². The molecular formula is C54H39N3S. The van der Waals surface area contributed by atoms with Gasteiger partial charge in [0.25, 0.3) is 0 Å². The number of benzene rings is 7. The zero-order valence-electron chi connectivity index (χ0n) is 32.0. The van der Waals surface area contributed by atoms with Crippen LogP contribution in [-0.4, -0.2) is 9.13 Å². The predicted molar refractivity (Wildman–Crippen MR) is 249 cm³/mol. The van der Waals surface area contributed by atoms with E-state index in [4.69, 9.17) is 0 Å². The molecule has 3 aromatic heterocycles. The van der Waals surface area contributed by atoms with Crippen molar-refractivity contribution in [3.05, 3.63) is 193 Å². The van der Waals surface area contributed by atoms with Crippen molar-refractivity contribution >= 4 is 93.1 Å². The van der Waals surface area contributed by atoms with Gasteiger partial charge in [0.05, 0.1) is 16.6 Å². The number of fused-ring (bicyclic) bond motifs is 10. The molecule has 2 aliphatic carbocycles. The van der Waals surface area contributed by atoms with Crippen molar-refractivity contribution in [2.45, 2.75) is 25.7 Å². The molecule has 7 aromatic carbocycles. The zero-order valence-corrected chi connectivity index (χ0v) is 32.8. The molecule has 10 aromatic rings. The minimum atomic E-state index is 1.04. The lowest BCUT2D eigenvalue weighted by atomic mass is 10.00. The average Bonchev–Trinajstić information content (AvgIpc) is 3.95. The van der Waals surface area contributed by atoms with Gasteiger partial charge in [0, 0.05) is 70.5 Å². The first-order valence-electron chi connectivity index (χ1n) is 20.4.